The Morgan fingerprint density at radius 3 is 2.57 bits per heavy atom. The van der Waals surface area contributed by atoms with Gasteiger partial charge in [-0.25, -0.2) is 0 Å². The molecule has 0 bridgehead atoms. The van der Waals surface area contributed by atoms with E-state index in [-0.39, 0.29) is 28.8 Å². The van der Waals surface area contributed by atoms with E-state index in [9.17, 15) is 5.11 Å². The van der Waals surface area contributed by atoms with E-state index in [0.29, 0.717) is 0 Å². The van der Waals surface area contributed by atoms with Gasteiger partial charge < -0.3 is 19.3 Å². The number of rotatable bonds is 4. The van der Waals surface area contributed by atoms with Crippen molar-refractivity contribution >= 4 is 0 Å². The SMILES string of the molecule is CO[C@@H]1[C@H](O)CC[C@]2(CO2)[C@@]1(C)C1(C)O[C@@H]1CC=C(C)C. The van der Waals surface area contributed by atoms with Gasteiger partial charge in [0.25, 0.3) is 0 Å². The monoisotopic (exact) mass is 296 g/mol. The Morgan fingerprint density at radius 1 is 1.38 bits per heavy atom. The topological polar surface area (TPSA) is 54.5 Å². The molecule has 0 amide bonds. The van der Waals surface area contributed by atoms with Crippen LogP contribution in [0.25, 0.3) is 0 Å². The first kappa shape index (κ1) is 15.5. The lowest BCUT2D eigenvalue weighted by atomic mass is 9.57. The number of hydrogen-bond acceptors (Lipinski definition) is 4. The van der Waals surface area contributed by atoms with Crippen molar-refractivity contribution in [3.63, 3.8) is 0 Å². The summed E-state index contributed by atoms with van der Waals surface area (Å²) in [6.45, 7) is 9.30. The fourth-order valence-corrected chi connectivity index (χ4v) is 4.43. The number of hydrogen-bond donors (Lipinski definition) is 1. The Kier molecular flexibility index (Phi) is 3.53. The van der Waals surface area contributed by atoms with Gasteiger partial charge in [-0.2, -0.15) is 0 Å². The number of epoxide rings is 2. The smallest absolute Gasteiger partial charge is 0.103 e. The largest absolute Gasteiger partial charge is 0.390 e. The van der Waals surface area contributed by atoms with E-state index in [0.717, 1.165) is 25.9 Å². The fraction of sp³-hybridized carbons (Fsp3) is 0.882. The Labute approximate surface area is 127 Å². The number of allylic oxidation sites excluding steroid dienone is 1. The molecule has 1 N–H and O–H groups in total. The van der Waals surface area contributed by atoms with Crippen molar-refractivity contribution in [1.82, 2.24) is 0 Å². The molecule has 1 saturated carbocycles. The minimum absolute atomic E-state index is 0.179. The second-order valence-corrected chi connectivity index (χ2v) is 7.48. The van der Waals surface area contributed by atoms with Gasteiger partial charge in [-0.05, 0) is 40.0 Å². The lowest BCUT2D eigenvalue weighted by molar-refractivity contribution is -0.168. The van der Waals surface area contributed by atoms with Gasteiger partial charge in [0, 0.05) is 7.11 Å². The molecule has 1 unspecified atom stereocenters. The van der Waals surface area contributed by atoms with E-state index < -0.39 is 6.10 Å². The molecule has 120 valence electrons. The van der Waals surface area contributed by atoms with Crippen molar-refractivity contribution in [3.8, 4) is 0 Å². The molecule has 3 rings (SSSR count). The van der Waals surface area contributed by atoms with E-state index in [1.165, 1.54) is 5.57 Å². The number of aliphatic hydroxyl groups is 1. The third-order valence-electron chi connectivity index (χ3n) is 6.17. The summed E-state index contributed by atoms with van der Waals surface area (Å²) < 4.78 is 17.7. The summed E-state index contributed by atoms with van der Waals surface area (Å²) >= 11 is 0. The highest BCUT2D eigenvalue weighted by Gasteiger charge is 2.78. The first-order valence-electron chi connectivity index (χ1n) is 7.97. The predicted octanol–water partition coefficient (Wildman–Crippen LogP) is 2.45. The highest BCUT2D eigenvalue weighted by molar-refractivity contribution is 5.27. The molecule has 2 heterocycles. The summed E-state index contributed by atoms with van der Waals surface area (Å²) in [6.07, 6.45) is 4.26. The van der Waals surface area contributed by atoms with Gasteiger partial charge in [-0.3, -0.25) is 0 Å². The second-order valence-electron chi connectivity index (χ2n) is 7.48. The van der Waals surface area contributed by atoms with E-state index in [2.05, 4.69) is 33.8 Å². The van der Waals surface area contributed by atoms with E-state index >= 15 is 0 Å². The summed E-state index contributed by atoms with van der Waals surface area (Å²) in [5.41, 5.74) is 0.522. The normalized spacial score (nSPS) is 51.8. The van der Waals surface area contributed by atoms with Gasteiger partial charge >= 0.3 is 0 Å². The summed E-state index contributed by atoms with van der Waals surface area (Å²) in [4.78, 5) is 0. The van der Waals surface area contributed by atoms with Crippen LogP contribution in [0.2, 0.25) is 0 Å². The predicted molar refractivity (Wildman–Crippen MR) is 80.2 cm³/mol. The fourth-order valence-electron chi connectivity index (χ4n) is 4.43. The minimum atomic E-state index is -0.444. The molecule has 1 aliphatic carbocycles. The van der Waals surface area contributed by atoms with Crippen LogP contribution >= 0.6 is 0 Å². The zero-order chi connectivity index (χ0) is 15.5. The Bertz CT molecular complexity index is 452. The third-order valence-corrected chi connectivity index (χ3v) is 6.17. The standard InChI is InChI=1S/C17H28O4/c1-11(2)6-7-13-16(4,21-13)15(3)14(19-5)12(18)8-9-17(15)10-20-17/h6,12-14,18H,7-10H2,1-5H3/t12-,13-,14-,15-,16?,17+/m1/s1. The van der Waals surface area contributed by atoms with E-state index in [1.807, 2.05) is 0 Å². The first-order chi connectivity index (χ1) is 9.81. The molecule has 4 nitrogen and oxygen atoms in total. The highest BCUT2D eigenvalue weighted by atomic mass is 16.6. The molecule has 1 spiro atoms. The highest BCUT2D eigenvalue weighted by Crippen LogP contribution is 2.66. The van der Waals surface area contributed by atoms with Crippen LogP contribution in [0.15, 0.2) is 11.6 Å². The van der Waals surface area contributed by atoms with Crippen molar-refractivity contribution in [2.24, 2.45) is 5.41 Å². The summed E-state index contributed by atoms with van der Waals surface area (Å²) in [5, 5.41) is 10.4. The average Bonchev–Trinajstić information content (AvgIpc) is 3.31. The molecule has 3 aliphatic rings. The molecule has 0 aromatic carbocycles. The summed E-state index contributed by atoms with van der Waals surface area (Å²) in [6, 6.07) is 0. The second kappa shape index (κ2) is 4.79. The van der Waals surface area contributed by atoms with E-state index in [1.54, 1.807) is 7.11 Å². The van der Waals surface area contributed by atoms with Crippen LogP contribution in [-0.2, 0) is 14.2 Å². The van der Waals surface area contributed by atoms with Gasteiger partial charge in [0.1, 0.15) is 11.2 Å². The lowest BCUT2D eigenvalue weighted by Gasteiger charge is -2.50. The van der Waals surface area contributed by atoms with Crippen LogP contribution in [0.3, 0.4) is 0 Å². The Morgan fingerprint density at radius 2 is 2.05 bits per heavy atom. The maximum Gasteiger partial charge on any atom is 0.103 e. The lowest BCUT2D eigenvalue weighted by Crippen LogP contribution is -2.62. The van der Waals surface area contributed by atoms with Gasteiger partial charge in [-0.15, -0.1) is 0 Å². The molecule has 6 atom stereocenters. The molecule has 21 heavy (non-hydrogen) atoms. The quantitative estimate of drug-likeness (QED) is 0.639. The number of methoxy groups -OCH3 is 1. The molecular formula is C17H28O4. The number of aliphatic hydroxyl groups excluding tert-OH is 1. The van der Waals surface area contributed by atoms with Crippen LogP contribution in [0.5, 0.6) is 0 Å². The Hall–Kier alpha value is -0.420. The molecule has 4 heteroatoms. The van der Waals surface area contributed by atoms with Crippen molar-refractivity contribution in [1.29, 1.82) is 0 Å². The van der Waals surface area contributed by atoms with Gasteiger partial charge in [-0.1, -0.05) is 18.6 Å². The Balaban J connectivity index is 1.88. The van der Waals surface area contributed by atoms with Gasteiger partial charge in [0.2, 0.25) is 0 Å². The molecule has 0 aromatic rings. The molecule has 0 aromatic heterocycles. The van der Waals surface area contributed by atoms with Crippen LogP contribution in [0.4, 0.5) is 0 Å². The summed E-state index contributed by atoms with van der Waals surface area (Å²) in [5.74, 6) is 0. The molecule has 2 aliphatic heterocycles. The van der Waals surface area contributed by atoms with Crippen LogP contribution in [0.1, 0.15) is 47.0 Å². The molecule has 3 fully saturated rings. The first-order valence-corrected chi connectivity index (χ1v) is 7.97. The third kappa shape index (κ3) is 2.03. The van der Waals surface area contributed by atoms with Gasteiger partial charge in [0.15, 0.2) is 0 Å². The van der Waals surface area contributed by atoms with Gasteiger partial charge in [0.05, 0.1) is 30.3 Å². The van der Waals surface area contributed by atoms with E-state index in [4.69, 9.17) is 14.2 Å². The van der Waals surface area contributed by atoms with Crippen LogP contribution < -0.4 is 0 Å². The zero-order valence-electron chi connectivity index (χ0n) is 13.8. The van der Waals surface area contributed by atoms with Crippen molar-refractivity contribution < 1.29 is 19.3 Å². The van der Waals surface area contributed by atoms with Crippen molar-refractivity contribution in [2.45, 2.75) is 76.5 Å². The van der Waals surface area contributed by atoms with Crippen LogP contribution in [-0.4, -0.2) is 48.3 Å². The number of ether oxygens (including phenoxy) is 3. The zero-order valence-corrected chi connectivity index (χ0v) is 13.8. The maximum atomic E-state index is 10.4. The van der Waals surface area contributed by atoms with Crippen molar-refractivity contribution in [2.75, 3.05) is 13.7 Å². The van der Waals surface area contributed by atoms with Crippen molar-refractivity contribution in [3.05, 3.63) is 11.6 Å². The average molecular weight is 296 g/mol. The minimum Gasteiger partial charge on any atom is -0.390 e. The summed E-state index contributed by atoms with van der Waals surface area (Å²) in [7, 11) is 1.68. The maximum absolute atomic E-state index is 10.4. The molecular weight excluding hydrogens is 268 g/mol. The molecule has 0 radical (unpaired) electrons. The molecule has 2 saturated heterocycles. The van der Waals surface area contributed by atoms with Crippen LogP contribution in [0, 0.1) is 5.41 Å².